The van der Waals surface area contributed by atoms with Gasteiger partial charge in [0.15, 0.2) is 6.04 Å². The summed E-state index contributed by atoms with van der Waals surface area (Å²) in [6, 6.07) is 17.3. The Morgan fingerprint density at radius 3 is 2.00 bits per heavy atom. The summed E-state index contributed by atoms with van der Waals surface area (Å²) in [6.07, 6.45) is 18.9. The van der Waals surface area contributed by atoms with Crippen molar-refractivity contribution in [1.29, 1.82) is 0 Å². The Bertz CT molecular complexity index is 1750. The van der Waals surface area contributed by atoms with Gasteiger partial charge in [-0.1, -0.05) is 121 Å². The molecule has 12 heteroatoms. The van der Waals surface area contributed by atoms with Crippen molar-refractivity contribution in [1.82, 2.24) is 0 Å². The van der Waals surface area contributed by atoms with Crippen LogP contribution in [0.3, 0.4) is 0 Å². The number of unbranched alkanes of at least 4 members (excludes halogenated alkanes) is 14. The molecule has 1 unspecified atom stereocenters. The maximum absolute atomic E-state index is 13.7. The van der Waals surface area contributed by atoms with Gasteiger partial charge in [0, 0.05) is 0 Å². The largest absolute Gasteiger partial charge is 0.478 e. The van der Waals surface area contributed by atoms with Crippen LogP contribution < -0.4 is 9.75 Å². The third-order valence-electron chi connectivity index (χ3n) is 8.83. The number of hydrogen-bond donors (Lipinski definition) is 2. The van der Waals surface area contributed by atoms with Gasteiger partial charge in [-0.15, -0.1) is 0 Å². The monoisotopic (exact) mass is 718 g/mol. The second-order valence-corrected chi connectivity index (χ2v) is 14.3. The van der Waals surface area contributed by atoms with Gasteiger partial charge in [-0.2, -0.15) is 28.8 Å². The van der Waals surface area contributed by atoms with Crippen LogP contribution in [0.1, 0.15) is 120 Å². The summed E-state index contributed by atoms with van der Waals surface area (Å²) in [5, 5.41) is 23.4. The van der Waals surface area contributed by atoms with Gasteiger partial charge in [-0.3, -0.25) is 9.35 Å². The number of para-hydroxylation sites is 1. The van der Waals surface area contributed by atoms with E-state index in [9.17, 15) is 27.7 Å². The van der Waals surface area contributed by atoms with Gasteiger partial charge in [0.1, 0.15) is 16.4 Å². The number of benzene rings is 3. The van der Waals surface area contributed by atoms with E-state index in [0.717, 1.165) is 36.8 Å². The number of nitrogens with zero attached hydrogens (tertiary/aromatic N) is 4. The molecule has 11 nitrogen and oxygen atoms in total. The maximum Gasteiger partial charge on any atom is 0.335 e. The highest BCUT2D eigenvalue weighted by Crippen LogP contribution is 2.34. The minimum absolute atomic E-state index is 0.0353. The summed E-state index contributed by atoms with van der Waals surface area (Å²) >= 11 is 0. The molecule has 1 aliphatic rings. The molecule has 274 valence electrons. The van der Waals surface area contributed by atoms with Crippen LogP contribution in [0.15, 0.2) is 93.0 Å². The quantitative estimate of drug-likeness (QED) is 0.0561. The van der Waals surface area contributed by atoms with Crippen molar-refractivity contribution in [3.63, 3.8) is 0 Å². The highest BCUT2D eigenvalue weighted by molar-refractivity contribution is 7.86. The number of ether oxygens (including phenoxy) is 1. The molecule has 3 aromatic rings. The topological polar surface area (TPSA) is 158 Å². The van der Waals surface area contributed by atoms with Crippen LogP contribution in [0.5, 0.6) is 11.5 Å². The highest BCUT2D eigenvalue weighted by atomic mass is 32.2. The molecule has 1 aliphatic heterocycles. The predicted octanol–water partition coefficient (Wildman–Crippen LogP) is 10.5. The number of rotatable bonds is 23. The lowest BCUT2D eigenvalue weighted by atomic mass is 10.0. The first-order valence-corrected chi connectivity index (χ1v) is 19.6. The van der Waals surface area contributed by atoms with Gasteiger partial charge < -0.3 is 9.84 Å². The molecule has 0 saturated heterocycles. The summed E-state index contributed by atoms with van der Waals surface area (Å²) in [4.78, 5) is 24.6. The Morgan fingerprint density at radius 1 is 0.804 bits per heavy atom. The number of carbonyl (C=O) groups excluding carboxylic acids is 1. The number of carboxylic acids is 1. The molecule has 0 aliphatic carbocycles. The van der Waals surface area contributed by atoms with E-state index in [1.165, 1.54) is 94.9 Å². The smallest absolute Gasteiger partial charge is 0.335 e. The zero-order valence-corrected chi connectivity index (χ0v) is 30.3. The maximum atomic E-state index is 13.7. The average molecular weight is 719 g/mol. The van der Waals surface area contributed by atoms with Crippen molar-refractivity contribution >= 4 is 39.1 Å². The molecular weight excluding hydrogens is 669 g/mol. The van der Waals surface area contributed by atoms with Gasteiger partial charge in [0.2, 0.25) is 0 Å². The fourth-order valence-electron chi connectivity index (χ4n) is 6.01. The van der Waals surface area contributed by atoms with Gasteiger partial charge >= 0.3 is 5.97 Å². The number of hydrogen-bond acceptors (Lipinski definition) is 8. The molecule has 1 amide bonds. The molecule has 1 atom stereocenters. The van der Waals surface area contributed by atoms with E-state index in [-0.39, 0.29) is 22.7 Å². The van der Waals surface area contributed by atoms with Crippen LogP contribution in [0.25, 0.3) is 0 Å². The first-order valence-electron chi connectivity index (χ1n) is 18.2. The number of hydrazone groups is 1. The number of azo groups is 1. The van der Waals surface area contributed by atoms with Gasteiger partial charge in [-0.25, -0.2) is 4.79 Å². The van der Waals surface area contributed by atoms with E-state index in [2.05, 4.69) is 22.3 Å². The minimum atomic E-state index is -4.75. The third-order valence-corrected chi connectivity index (χ3v) is 9.70. The number of amides is 1. The van der Waals surface area contributed by atoms with Crippen molar-refractivity contribution in [2.24, 2.45) is 15.3 Å². The number of aromatic carboxylic acids is 1. The first-order chi connectivity index (χ1) is 24.7. The van der Waals surface area contributed by atoms with Crippen molar-refractivity contribution < 1.29 is 32.4 Å². The van der Waals surface area contributed by atoms with E-state index in [4.69, 9.17) is 4.74 Å². The molecule has 4 rings (SSSR count). The summed E-state index contributed by atoms with van der Waals surface area (Å²) in [5.74, 6) is -1.42. The molecule has 51 heavy (non-hydrogen) atoms. The SMILES string of the molecule is CCCCCCCCCCCCCCCCCC1=NN(c2ccc(Oc3ccccc3)c(S(=O)(=O)O)c2)C(=O)C1N=Nc1cccc(C(=O)O)c1. The van der Waals surface area contributed by atoms with Crippen molar-refractivity contribution in [3.8, 4) is 11.5 Å². The van der Waals surface area contributed by atoms with E-state index >= 15 is 0 Å². The Kier molecular flexibility index (Phi) is 15.8. The van der Waals surface area contributed by atoms with Gasteiger partial charge in [0.05, 0.1) is 22.6 Å². The summed E-state index contributed by atoms with van der Waals surface area (Å²) in [7, 11) is -4.75. The van der Waals surface area contributed by atoms with Crippen LogP contribution in [0.4, 0.5) is 11.4 Å². The number of carboxylic acid groups (broad SMARTS) is 1. The number of carbonyl (C=O) groups is 2. The van der Waals surface area contributed by atoms with Crippen molar-refractivity contribution in [3.05, 3.63) is 78.4 Å². The Morgan fingerprint density at radius 2 is 1.41 bits per heavy atom. The standard InChI is InChI=1S/C39H50N4O7S/c1-2-3-4-5-6-7-8-9-10-11-12-13-14-15-19-25-34-37(41-40-31-22-20-21-30(28-31)39(45)46)38(44)43(42-34)32-26-27-35(36(29-32)51(47,48)49)50-33-23-17-16-18-24-33/h16-18,20-24,26-29,37H,2-15,19,25H2,1H3,(H,45,46)(H,47,48,49). The van der Waals surface area contributed by atoms with Crippen LogP contribution in [0.2, 0.25) is 0 Å². The fourth-order valence-corrected chi connectivity index (χ4v) is 6.65. The van der Waals surface area contributed by atoms with Crippen molar-refractivity contribution in [2.45, 2.75) is 121 Å². The van der Waals surface area contributed by atoms with E-state index in [0.29, 0.717) is 17.9 Å². The van der Waals surface area contributed by atoms with E-state index < -0.39 is 32.9 Å². The summed E-state index contributed by atoms with van der Waals surface area (Å²) in [5.41, 5.74) is 0.870. The van der Waals surface area contributed by atoms with E-state index in [1.54, 1.807) is 42.5 Å². The lowest BCUT2D eigenvalue weighted by Crippen LogP contribution is -2.30. The molecule has 0 radical (unpaired) electrons. The molecular formula is C39H50N4O7S. The van der Waals surface area contributed by atoms with Crippen LogP contribution in [-0.2, 0) is 14.9 Å². The summed E-state index contributed by atoms with van der Waals surface area (Å²) in [6.45, 7) is 2.25. The second kappa shape index (κ2) is 20.4. The normalized spacial score (nSPS) is 14.7. The molecule has 0 saturated carbocycles. The lowest BCUT2D eigenvalue weighted by Gasteiger charge is -2.15. The molecule has 0 spiro atoms. The molecule has 3 aromatic carbocycles. The average Bonchev–Trinajstić information content (AvgIpc) is 3.43. The highest BCUT2D eigenvalue weighted by Gasteiger charge is 2.37. The zero-order valence-electron chi connectivity index (χ0n) is 29.5. The fraction of sp³-hybridized carbons (Fsp3) is 0.462. The number of anilines is 1. The van der Waals surface area contributed by atoms with Gasteiger partial charge in [0.25, 0.3) is 16.0 Å². The molecule has 0 aromatic heterocycles. The van der Waals surface area contributed by atoms with Gasteiger partial charge in [-0.05, 0) is 61.4 Å². The minimum Gasteiger partial charge on any atom is -0.478 e. The molecule has 1 heterocycles. The summed E-state index contributed by atoms with van der Waals surface area (Å²) < 4.78 is 40.5. The van der Waals surface area contributed by atoms with Crippen molar-refractivity contribution in [2.75, 3.05) is 5.01 Å². The molecule has 0 fully saturated rings. The third kappa shape index (κ3) is 12.7. The Hall–Kier alpha value is -4.42. The molecule has 0 bridgehead atoms. The Labute approximate surface area is 301 Å². The Balaban J connectivity index is 1.39. The predicted molar refractivity (Wildman–Crippen MR) is 199 cm³/mol. The van der Waals surface area contributed by atoms with Crippen LogP contribution >= 0.6 is 0 Å². The molecule has 2 N–H and O–H groups in total. The van der Waals surface area contributed by atoms with E-state index in [1.807, 2.05) is 0 Å². The van der Waals surface area contributed by atoms with Crippen LogP contribution in [0, 0.1) is 0 Å². The lowest BCUT2D eigenvalue weighted by molar-refractivity contribution is -0.117. The second-order valence-electron chi connectivity index (χ2n) is 12.9. The zero-order chi connectivity index (χ0) is 36.5. The first kappa shape index (κ1) is 39.4. The van der Waals surface area contributed by atoms with Crippen LogP contribution in [-0.4, -0.2) is 41.7 Å².